The fourth-order valence-electron chi connectivity index (χ4n) is 4.03. The molecule has 1 amide bonds. The summed E-state index contributed by atoms with van der Waals surface area (Å²) in [5.74, 6) is 0.683. The summed E-state index contributed by atoms with van der Waals surface area (Å²) in [4.78, 5) is 27.7. The van der Waals surface area contributed by atoms with Crippen LogP contribution in [0.25, 0.3) is 16.8 Å². The lowest BCUT2D eigenvalue weighted by atomic mass is 10.0. The molecule has 0 unspecified atom stereocenters. The predicted octanol–water partition coefficient (Wildman–Crippen LogP) is 5.12. The maximum absolute atomic E-state index is 12.2. The van der Waals surface area contributed by atoms with Crippen LogP contribution < -0.4 is 25.2 Å². The van der Waals surface area contributed by atoms with Gasteiger partial charge in [-0.25, -0.2) is 9.97 Å². The number of carbonyl (C=O) groups is 1. The average molecular weight is 530 g/mol. The molecule has 9 heteroatoms. The van der Waals surface area contributed by atoms with Crippen molar-refractivity contribution in [1.29, 1.82) is 0 Å². The molecule has 1 heterocycles. The summed E-state index contributed by atoms with van der Waals surface area (Å²) < 4.78 is 5.71. The molecule has 0 aliphatic rings. The molecule has 0 aliphatic carbocycles. The van der Waals surface area contributed by atoms with Gasteiger partial charge in [0.15, 0.2) is 0 Å². The fourth-order valence-corrected chi connectivity index (χ4v) is 4.03. The normalized spacial score (nSPS) is 10.7. The third kappa shape index (κ3) is 7.36. The monoisotopic (exact) mass is 529 g/mol. The van der Waals surface area contributed by atoms with Crippen LogP contribution in [-0.4, -0.2) is 76.2 Å². The SMILES string of the molecule is C=CC(=O)Nc1cc(Nc2nccc(-c3ccc(N(C)C)c(C(=C)C)c3)n2)c(OC)cc1N(C)CCN(C)C. The largest absolute Gasteiger partial charge is 0.494 e. The number of hydrogen-bond acceptors (Lipinski definition) is 8. The lowest BCUT2D eigenvalue weighted by Gasteiger charge is -2.26. The second kappa shape index (κ2) is 12.9. The van der Waals surface area contributed by atoms with Crippen LogP contribution in [-0.2, 0) is 4.79 Å². The van der Waals surface area contributed by atoms with Crippen molar-refractivity contribution >= 4 is 40.2 Å². The standard InChI is InChI=1S/C30H39N7O2/c1-10-29(38)32-24-18-25(28(39-9)19-27(24)37(8)16-15-35(4)5)34-30-31-14-13-23(33-30)21-11-12-26(36(6)7)22(17-21)20(2)3/h10-14,17-19H,1-2,15-16H2,3-9H3,(H,32,38)(H,31,33,34). The van der Waals surface area contributed by atoms with Gasteiger partial charge in [0.05, 0.1) is 29.9 Å². The number of allylic oxidation sites excluding steroid dienone is 1. The van der Waals surface area contributed by atoms with E-state index in [0.717, 1.165) is 46.9 Å². The summed E-state index contributed by atoms with van der Waals surface area (Å²) in [6, 6.07) is 11.8. The Kier molecular flexibility index (Phi) is 9.68. The molecule has 0 fully saturated rings. The Bertz CT molecular complexity index is 1350. The van der Waals surface area contributed by atoms with Crippen LogP contribution in [0.3, 0.4) is 0 Å². The molecule has 0 saturated heterocycles. The van der Waals surface area contributed by atoms with E-state index in [2.05, 4.69) is 55.6 Å². The number of aromatic nitrogens is 2. The number of likely N-dealkylation sites (N-methyl/N-ethyl adjacent to an activating group) is 2. The number of benzene rings is 2. The Morgan fingerprint density at radius 1 is 1.03 bits per heavy atom. The summed E-state index contributed by atoms with van der Waals surface area (Å²) in [6.07, 6.45) is 2.95. The van der Waals surface area contributed by atoms with Crippen LogP contribution in [0, 0.1) is 0 Å². The van der Waals surface area contributed by atoms with Crippen LogP contribution >= 0.6 is 0 Å². The van der Waals surface area contributed by atoms with Crippen LogP contribution in [0.1, 0.15) is 12.5 Å². The molecule has 39 heavy (non-hydrogen) atoms. The summed E-state index contributed by atoms with van der Waals surface area (Å²) in [6.45, 7) is 11.3. The van der Waals surface area contributed by atoms with Crippen LogP contribution in [0.2, 0.25) is 0 Å². The highest BCUT2D eigenvalue weighted by atomic mass is 16.5. The first-order chi connectivity index (χ1) is 18.5. The van der Waals surface area contributed by atoms with Gasteiger partial charge in [0.1, 0.15) is 5.75 Å². The molecule has 0 saturated carbocycles. The van der Waals surface area contributed by atoms with Gasteiger partial charge in [-0.2, -0.15) is 0 Å². The minimum atomic E-state index is -0.305. The summed E-state index contributed by atoms with van der Waals surface area (Å²) in [7, 11) is 11.6. The third-order valence-electron chi connectivity index (χ3n) is 6.19. The highest BCUT2D eigenvalue weighted by molar-refractivity contribution is 6.02. The third-order valence-corrected chi connectivity index (χ3v) is 6.19. The molecule has 0 bridgehead atoms. The molecule has 1 aromatic heterocycles. The Morgan fingerprint density at radius 3 is 2.38 bits per heavy atom. The number of hydrogen-bond donors (Lipinski definition) is 2. The zero-order valence-corrected chi connectivity index (χ0v) is 24.0. The Labute approximate surface area is 231 Å². The molecule has 0 aliphatic heterocycles. The highest BCUT2D eigenvalue weighted by Gasteiger charge is 2.17. The number of anilines is 5. The molecule has 0 spiro atoms. The molecule has 2 aromatic carbocycles. The molecular weight excluding hydrogens is 490 g/mol. The first-order valence-electron chi connectivity index (χ1n) is 12.6. The summed E-state index contributed by atoms with van der Waals surface area (Å²) in [5.41, 5.74) is 6.89. The van der Waals surface area contributed by atoms with Gasteiger partial charge in [0.25, 0.3) is 0 Å². The topological polar surface area (TPSA) is 85.9 Å². The Hall–Kier alpha value is -4.37. The molecule has 206 valence electrons. The number of amides is 1. The molecular formula is C30H39N7O2. The number of rotatable bonds is 12. The van der Waals surface area contributed by atoms with Crippen molar-refractivity contribution in [1.82, 2.24) is 14.9 Å². The predicted molar refractivity (Wildman–Crippen MR) is 163 cm³/mol. The first kappa shape index (κ1) is 29.2. The molecule has 9 nitrogen and oxygen atoms in total. The lowest BCUT2D eigenvalue weighted by molar-refractivity contribution is -0.111. The molecule has 3 aromatic rings. The zero-order chi connectivity index (χ0) is 28.7. The maximum atomic E-state index is 12.2. The van der Waals surface area contributed by atoms with E-state index in [4.69, 9.17) is 9.72 Å². The van der Waals surface area contributed by atoms with Gasteiger partial charge in [-0.15, -0.1) is 0 Å². The second-order valence-electron chi connectivity index (χ2n) is 9.79. The van der Waals surface area contributed by atoms with E-state index < -0.39 is 0 Å². The van der Waals surface area contributed by atoms with Gasteiger partial charge >= 0.3 is 0 Å². The number of nitrogens with zero attached hydrogens (tertiary/aromatic N) is 5. The zero-order valence-electron chi connectivity index (χ0n) is 24.0. The number of nitrogens with one attached hydrogen (secondary N) is 2. The Morgan fingerprint density at radius 2 is 1.77 bits per heavy atom. The molecule has 0 atom stereocenters. The van der Waals surface area contributed by atoms with Crippen molar-refractivity contribution in [3.05, 3.63) is 67.4 Å². The molecule has 2 N–H and O–H groups in total. The quantitative estimate of drug-likeness (QED) is 0.313. The maximum Gasteiger partial charge on any atom is 0.247 e. The van der Waals surface area contributed by atoms with E-state index in [1.54, 1.807) is 13.3 Å². The second-order valence-corrected chi connectivity index (χ2v) is 9.79. The average Bonchev–Trinajstić information content (AvgIpc) is 2.91. The van der Waals surface area contributed by atoms with Crippen LogP contribution in [0.15, 0.2) is 61.8 Å². The van der Waals surface area contributed by atoms with E-state index in [9.17, 15) is 4.79 Å². The van der Waals surface area contributed by atoms with Crippen molar-refractivity contribution in [2.45, 2.75) is 6.92 Å². The van der Waals surface area contributed by atoms with Crippen molar-refractivity contribution < 1.29 is 9.53 Å². The smallest absolute Gasteiger partial charge is 0.247 e. The van der Waals surface area contributed by atoms with Gasteiger partial charge in [0.2, 0.25) is 11.9 Å². The summed E-state index contributed by atoms with van der Waals surface area (Å²) in [5, 5.41) is 6.19. The fraction of sp³-hybridized carbons (Fsp3) is 0.300. The van der Waals surface area contributed by atoms with Crippen molar-refractivity contribution in [3.8, 4) is 17.0 Å². The van der Waals surface area contributed by atoms with Crippen molar-refractivity contribution in [2.24, 2.45) is 0 Å². The highest BCUT2D eigenvalue weighted by Crippen LogP contribution is 2.38. The van der Waals surface area contributed by atoms with Gasteiger partial charge in [-0.3, -0.25) is 4.79 Å². The minimum Gasteiger partial charge on any atom is -0.494 e. The van der Waals surface area contributed by atoms with Crippen molar-refractivity contribution in [2.75, 3.05) is 75.9 Å². The summed E-state index contributed by atoms with van der Waals surface area (Å²) >= 11 is 0. The van der Waals surface area contributed by atoms with Gasteiger partial charge in [-0.05, 0) is 56.9 Å². The molecule has 3 rings (SSSR count). The first-order valence-corrected chi connectivity index (χ1v) is 12.6. The lowest BCUT2D eigenvalue weighted by Crippen LogP contribution is -2.29. The van der Waals surface area contributed by atoms with Gasteiger partial charge in [0, 0.05) is 63.3 Å². The Balaban J connectivity index is 2.00. The number of ether oxygens (including phenoxy) is 1. The van der Waals surface area contributed by atoms with Crippen molar-refractivity contribution in [3.63, 3.8) is 0 Å². The van der Waals surface area contributed by atoms with E-state index in [0.29, 0.717) is 23.1 Å². The minimum absolute atomic E-state index is 0.305. The number of methoxy groups -OCH3 is 1. The van der Waals surface area contributed by atoms with E-state index in [1.807, 2.05) is 66.4 Å². The van der Waals surface area contributed by atoms with Crippen LogP contribution in [0.4, 0.5) is 28.7 Å². The van der Waals surface area contributed by atoms with E-state index in [-0.39, 0.29) is 5.91 Å². The van der Waals surface area contributed by atoms with E-state index in [1.165, 1.54) is 6.08 Å². The van der Waals surface area contributed by atoms with E-state index >= 15 is 0 Å². The molecule has 0 radical (unpaired) electrons. The number of carbonyl (C=O) groups excluding carboxylic acids is 1. The van der Waals surface area contributed by atoms with Crippen LogP contribution in [0.5, 0.6) is 5.75 Å². The van der Waals surface area contributed by atoms with Gasteiger partial charge in [-0.1, -0.05) is 19.2 Å². The van der Waals surface area contributed by atoms with Gasteiger partial charge < -0.3 is 30.1 Å².